The molecule has 186 valence electrons. The van der Waals surface area contributed by atoms with Crippen molar-refractivity contribution in [2.75, 3.05) is 20.3 Å². The molecule has 6 heteroatoms. The minimum atomic E-state index is -0.324. The lowest BCUT2D eigenvalue weighted by Crippen LogP contribution is -2.44. The van der Waals surface area contributed by atoms with E-state index in [9.17, 15) is 9.18 Å². The van der Waals surface area contributed by atoms with Gasteiger partial charge in [-0.15, -0.1) is 0 Å². The van der Waals surface area contributed by atoms with Gasteiger partial charge < -0.3 is 18.8 Å². The maximum Gasteiger partial charge on any atom is 0.289 e. The highest BCUT2D eigenvalue weighted by molar-refractivity contribution is 5.91. The lowest BCUT2D eigenvalue weighted by molar-refractivity contribution is -0.0488. The highest BCUT2D eigenvalue weighted by Gasteiger charge is 2.41. The molecule has 1 aliphatic rings. The van der Waals surface area contributed by atoms with Crippen molar-refractivity contribution in [3.05, 3.63) is 89.6 Å². The normalized spacial score (nSPS) is 20.1. The van der Waals surface area contributed by atoms with Crippen LogP contribution in [0.3, 0.4) is 0 Å². The first kappa shape index (κ1) is 25.0. The van der Waals surface area contributed by atoms with E-state index in [1.54, 1.807) is 42.3 Å². The summed E-state index contributed by atoms with van der Waals surface area (Å²) in [6, 6.07) is 18.0. The fourth-order valence-corrected chi connectivity index (χ4v) is 5.06. The van der Waals surface area contributed by atoms with Crippen molar-refractivity contribution in [1.29, 1.82) is 0 Å². The molecule has 1 fully saturated rings. The molecule has 3 aromatic rings. The first-order valence-electron chi connectivity index (χ1n) is 12.2. The van der Waals surface area contributed by atoms with E-state index < -0.39 is 0 Å². The third kappa shape index (κ3) is 5.59. The highest BCUT2D eigenvalue weighted by atomic mass is 19.1. The summed E-state index contributed by atoms with van der Waals surface area (Å²) in [6.07, 6.45) is 3.93. The maximum absolute atomic E-state index is 14.5. The van der Waals surface area contributed by atoms with Gasteiger partial charge in [0.05, 0.1) is 19.5 Å². The van der Waals surface area contributed by atoms with Crippen LogP contribution >= 0.6 is 0 Å². The van der Waals surface area contributed by atoms with E-state index in [1.807, 2.05) is 18.2 Å². The maximum atomic E-state index is 14.5. The molecule has 0 unspecified atom stereocenters. The lowest BCUT2D eigenvalue weighted by atomic mass is 9.68. The van der Waals surface area contributed by atoms with Crippen molar-refractivity contribution in [3.8, 4) is 5.75 Å². The van der Waals surface area contributed by atoms with Crippen molar-refractivity contribution >= 4 is 5.91 Å². The third-order valence-corrected chi connectivity index (χ3v) is 7.12. The zero-order valence-corrected chi connectivity index (χ0v) is 20.7. The van der Waals surface area contributed by atoms with Crippen LogP contribution in [0.25, 0.3) is 0 Å². The molecule has 0 bridgehead atoms. The van der Waals surface area contributed by atoms with E-state index in [4.69, 9.17) is 13.9 Å². The lowest BCUT2D eigenvalue weighted by Gasteiger charge is -2.44. The minimum absolute atomic E-state index is 0.106. The number of amides is 1. The van der Waals surface area contributed by atoms with Crippen molar-refractivity contribution in [2.24, 2.45) is 5.92 Å². The molecule has 2 aromatic carbocycles. The zero-order chi connectivity index (χ0) is 24.8. The van der Waals surface area contributed by atoms with Crippen LogP contribution in [0.2, 0.25) is 0 Å². The summed E-state index contributed by atoms with van der Waals surface area (Å²) in [5.74, 6) is 0.884. The number of carbonyl (C=O) groups is 1. The standard InChI is InChI=1S/C29H34FNO4/c1-21(2)27-19-29(15-18-35-27,23-10-5-7-12-25(23)33-3)14-16-31(28(32)26-13-8-17-34-26)20-22-9-4-6-11-24(22)30/h4-13,17,21,27H,14-16,18-20H2,1-3H3/t27-,29+/m1/s1. The number of hydrogen-bond acceptors (Lipinski definition) is 4. The molecule has 1 aliphatic heterocycles. The van der Waals surface area contributed by atoms with Crippen LogP contribution < -0.4 is 4.74 Å². The van der Waals surface area contributed by atoms with Gasteiger partial charge in [-0.2, -0.15) is 0 Å². The number of benzene rings is 2. The van der Waals surface area contributed by atoms with Gasteiger partial charge >= 0.3 is 0 Å². The Morgan fingerprint density at radius 2 is 1.91 bits per heavy atom. The molecule has 1 saturated heterocycles. The molecule has 0 spiro atoms. The van der Waals surface area contributed by atoms with E-state index >= 15 is 0 Å². The van der Waals surface area contributed by atoms with Crippen LogP contribution in [0.15, 0.2) is 71.3 Å². The first-order chi connectivity index (χ1) is 16.9. The van der Waals surface area contributed by atoms with Crippen LogP contribution in [0.4, 0.5) is 4.39 Å². The van der Waals surface area contributed by atoms with Crippen molar-refractivity contribution < 1.29 is 23.1 Å². The fourth-order valence-electron chi connectivity index (χ4n) is 5.06. The number of ether oxygens (including phenoxy) is 2. The average molecular weight is 480 g/mol. The van der Waals surface area contributed by atoms with Gasteiger partial charge in [-0.25, -0.2) is 4.39 Å². The predicted molar refractivity (Wildman–Crippen MR) is 133 cm³/mol. The summed E-state index contributed by atoms with van der Waals surface area (Å²) in [6.45, 7) is 5.59. The van der Waals surface area contributed by atoms with Crippen LogP contribution in [0.1, 0.15) is 54.8 Å². The molecule has 4 rings (SSSR count). The molecule has 2 atom stereocenters. The molecule has 1 aromatic heterocycles. The van der Waals surface area contributed by atoms with Gasteiger partial charge in [0.1, 0.15) is 11.6 Å². The smallest absolute Gasteiger partial charge is 0.289 e. The molecule has 35 heavy (non-hydrogen) atoms. The second-order valence-electron chi connectivity index (χ2n) is 9.63. The number of rotatable bonds is 9. The molecule has 0 N–H and O–H groups in total. The van der Waals surface area contributed by atoms with Crippen LogP contribution in [0.5, 0.6) is 5.75 Å². The Morgan fingerprint density at radius 1 is 1.14 bits per heavy atom. The largest absolute Gasteiger partial charge is 0.496 e. The van der Waals surface area contributed by atoms with Crippen molar-refractivity contribution in [3.63, 3.8) is 0 Å². The molecular formula is C29H34FNO4. The van der Waals surface area contributed by atoms with Crippen LogP contribution in [-0.2, 0) is 16.7 Å². The van der Waals surface area contributed by atoms with Crippen molar-refractivity contribution in [2.45, 2.75) is 51.2 Å². The summed E-state index contributed by atoms with van der Waals surface area (Å²) in [4.78, 5) is 15.1. The third-order valence-electron chi connectivity index (χ3n) is 7.12. The van der Waals surface area contributed by atoms with Gasteiger partial charge in [-0.3, -0.25) is 4.79 Å². The second kappa shape index (κ2) is 11.1. The van der Waals surface area contributed by atoms with E-state index in [-0.39, 0.29) is 35.5 Å². The van der Waals surface area contributed by atoms with Crippen LogP contribution in [-0.4, -0.2) is 37.2 Å². The quantitative estimate of drug-likeness (QED) is 0.365. The molecular weight excluding hydrogens is 445 g/mol. The van der Waals surface area contributed by atoms with E-state index in [0.717, 1.165) is 24.2 Å². The Labute approximate surface area is 206 Å². The summed E-state index contributed by atoms with van der Waals surface area (Å²) in [5, 5.41) is 0. The Morgan fingerprint density at radius 3 is 2.63 bits per heavy atom. The van der Waals surface area contributed by atoms with Crippen molar-refractivity contribution in [1.82, 2.24) is 4.90 Å². The molecule has 0 saturated carbocycles. The number of nitrogens with zero attached hydrogens (tertiary/aromatic N) is 1. The van der Waals surface area contributed by atoms with E-state index in [0.29, 0.717) is 31.1 Å². The summed E-state index contributed by atoms with van der Waals surface area (Å²) >= 11 is 0. The van der Waals surface area contributed by atoms with Crippen LogP contribution in [0, 0.1) is 11.7 Å². The molecule has 1 amide bonds. The van der Waals surface area contributed by atoms with Gasteiger partial charge in [-0.1, -0.05) is 50.2 Å². The van der Waals surface area contributed by atoms with Gasteiger partial charge in [0.25, 0.3) is 5.91 Å². The molecule has 2 heterocycles. The number of methoxy groups -OCH3 is 1. The monoisotopic (exact) mass is 479 g/mol. The predicted octanol–water partition coefficient (Wildman–Crippen LogP) is 6.23. The van der Waals surface area contributed by atoms with Gasteiger partial charge in [0.15, 0.2) is 5.76 Å². The Kier molecular flexibility index (Phi) is 7.91. The Bertz CT molecular complexity index is 1110. The average Bonchev–Trinajstić information content (AvgIpc) is 3.42. The second-order valence-corrected chi connectivity index (χ2v) is 9.63. The highest BCUT2D eigenvalue weighted by Crippen LogP contribution is 2.45. The van der Waals surface area contributed by atoms with E-state index in [2.05, 4.69) is 19.9 Å². The first-order valence-corrected chi connectivity index (χ1v) is 12.2. The Hall–Kier alpha value is -3.12. The SMILES string of the molecule is COc1ccccc1[C@@]1(CCN(Cc2ccccc2F)C(=O)c2ccco2)CCO[C@@H](C(C)C)C1. The van der Waals surface area contributed by atoms with Gasteiger partial charge in [0.2, 0.25) is 0 Å². The number of halogens is 1. The van der Waals surface area contributed by atoms with Gasteiger partial charge in [0, 0.05) is 36.2 Å². The van der Waals surface area contributed by atoms with E-state index in [1.165, 1.54) is 12.3 Å². The Balaban J connectivity index is 1.67. The molecule has 0 aliphatic carbocycles. The number of furan rings is 1. The number of para-hydroxylation sites is 1. The molecule has 0 radical (unpaired) electrons. The topological polar surface area (TPSA) is 51.9 Å². The minimum Gasteiger partial charge on any atom is -0.496 e. The number of carbonyl (C=O) groups excluding carboxylic acids is 1. The van der Waals surface area contributed by atoms with Gasteiger partial charge in [-0.05, 0) is 49.4 Å². The molecule has 5 nitrogen and oxygen atoms in total. The summed E-state index contributed by atoms with van der Waals surface area (Å²) in [7, 11) is 1.69. The number of hydrogen-bond donors (Lipinski definition) is 0. The fraction of sp³-hybridized carbons (Fsp3) is 0.414. The summed E-state index contributed by atoms with van der Waals surface area (Å²) in [5.41, 5.74) is 1.37. The summed E-state index contributed by atoms with van der Waals surface area (Å²) < 4.78 is 31.8. The zero-order valence-electron chi connectivity index (χ0n) is 20.7.